The summed E-state index contributed by atoms with van der Waals surface area (Å²) in [5.74, 6) is 0.0324. The van der Waals surface area contributed by atoms with Gasteiger partial charge in [0.15, 0.2) is 0 Å². The number of carbonyl (C=O) groups excluding carboxylic acids is 1. The van der Waals surface area contributed by atoms with E-state index in [1.165, 1.54) is 4.88 Å². The van der Waals surface area contributed by atoms with E-state index in [4.69, 9.17) is 0 Å². The maximum Gasteiger partial charge on any atom is 0.237 e. The number of rotatable bonds is 4. The lowest BCUT2D eigenvalue weighted by Crippen LogP contribution is -2.49. The summed E-state index contributed by atoms with van der Waals surface area (Å²) in [5, 5.41) is 8.33. The summed E-state index contributed by atoms with van der Waals surface area (Å²) in [7, 11) is 0. The highest BCUT2D eigenvalue weighted by Crippen LogP contribution is 2.25. The first-order valence-corrected chi connectivity index (χ1v) is 7.68. The second-order valence-corrected chi connectivity index (χ2v) is 7.38. The van der Waals surface area contributed by atoms with Gasteiger partial charge in [0.1, 0.15) is 0 Å². The highest BCUT2D eigenvalue weighted by Gasteiger charge is 2.21. The standard InChI is InChI=1S/C13H21BrN2OS/c1-8(11-6-10(14)7-18-11)15-9(2)12(17)16-13(3,4)5/h6-9,15H,1-5H3,(H,16,17). The van der Waals surface area contributed by atoms with E-state index in [9.17, 15) is 4.79 Å². The van der Waals surface area contributed by atoms with E-state index in [0.717, 1.165) is 4.47 Å². The Morgan fingerprint density at radius 2 is 2.00 bits per heavy atom. The Labute approximate surface area is 121 Å². The van der Waals surface area contributed by atoms with Crippen LogP contribution in [0.4, 0.5) is 0 Å². The molecule has 0 aromatic carbocycles. The first-order chi connectivity index (χ1) is 8.19. The Kier molecular flexibility index (Phi) is 5.37. The third-order valence-electron chi connectivity index (χ3n) is 2.41. The SMILES string of the molecule is CC(NC(C)c1cc(Br)cs1)C(=O)NC(C)(C)C. The minimum Gasteiger partial charge on any atom is -0.350 e. The van der Waals surface area contributed by atoms with Crippen molar-refractivity contribution in [3.8, 4) is 0 Å². The highest BCUT2D eigenvalue weighted by molar-refractivity contribution is 9.10. The van der Waals surface area contributed by atoms with Gasteiger partial charge >= 0.3 is 0 Å². The molecule has 2 atom stereocenters. The minimum atomic E-state index is -0.208. The second-order valence-electron chi connectivity index (χ2n) is 5.52. The minimum absolute atomic E-state index is 0.0324. The van der Waals surface area contributed by atoms with Crippen molar-refractivity contribution in [2.75, 3.05) is 0 Å². The molecule has 0 aliphatic heterocycles. The van der Waals surface area contributed by atoms with Crippen molar-refractivity contribution < 1.29 is 4.79 Å². The van der Waals surface area contributed by atoms with Gasteiger partial charge in [-0.15, -0.1) is 11.3 Å². The smallest absolute Gasteiger partial charge is 0.237 e. The number of halogens is 1. The maximum absolute atomic E-state index is 12.0. The number of amides is 1. The van der Waals surface area contributed by atoms with Crippen LogP contribution in [-0.2, 0) is 4.79 Å². The second kappa shape index (κ2) is 6.17. The Morgan fingerprint density at radius 1 is 1.39 bits per heavy atom. The van der Waals surface area contributed by atoms with Crippen LogP contribution in [0.25, 0.3) is 0 Å². The van der Waals surface area contributed by atoms with Crippen LogP contribution in [0.2, 0.25) is 0 Å². The monoisotopic (exact) mass is 332 g/mol. The number of hydrogen-bond acceptors (Lipinski definition) is 3. The van der Waals surface area contributed by atoms with Gasteiger partial charge in [-0.25, -0.2) is 0 Å². The van der Waals surface area contributed by atoms with Crippen LogP contribution >= 0.6 is 27.3 Å². The molecular weight excluding hydrogens is 312 g/mol. The summed E-state index contributed by atoms with van der Waals surface area (Å²) >= 11 is 5.12. The summed E-state index contributed by atoms with van der Waals surface area (Å²) < 4.78 is 1.09. The topological polar surface area (TPSA) is 41.1 Å². The molecule has 2 N–H and O–H groups in total. The normalized spacial score (nSPS) is 15.2. The maximum atomic E-state index is 12.0. The van der Waals surface area contributed by atoms with Crippen molar-refractivity contribution in [1.29, 1.82) is 0 Å². The zero-order chi connectivity index (χ0) is 13.9. The van der Waals surface area contributed by atoms with Crippen LogP contribution in [0, 0.1) is 0 Å². The molecule has 1 amide bonds. The highest BCUT2D eigenvalue weighted by atomic mass is 79.9. The van der Waals surface area contributed by atoms with Crippen molar-refractivity contribution in [2.24, 2.45) is 0 Å². The van der Waals surface area contributed by atoms with Gasteiger partial charge < -0.3 is 5.32 Å². The molecule has 0 aliphatic rings. The van der Waals surface area contributed by atoms with Crippen LogP contribution in [0.5, 0.6) is 0 Å². The van der Waals surface area contributed by atoms with E-state index >= 15 is 0 Å². The molecule has 0 aliphatic carbocycles. The predicted octanol–water partition coefficient (Wildman–Crippen LogP) is 3.46. The van der Waals surface area contributed by atoms with Crippen molar-refractivity contribution >= 4 is 33.2 Å². The van der Waals surface area contributed by atoms with E-state index in [0.29, 0.717) is 0 Å². The van der Waals surface area contributed by atoms with E-state index in [2.05, 4.69) is 39.6 Å². The Balaban J connectivity index is 2.54. The molecule has 5 heteroatoms. The van der Waals surface area contributed by atoms with E-state index in [1.54, 1.807) is 11.3 Å². The fourth-order valence-corrected chi connectivity index (χ4v) is 3.03. The third kappa shape index (κ3) is 5.08. The molecule has 1 rings (SSSR count). The molecule has 102 valence electrons. The third-order valence-corrected chi connectivity index (χ3v) is 4.28. The summed E-state index contributed by atoms with van der Waals surface area (Å²) in [6.45, 7) is 9.91. The predicted molar refractivity (Wildman–Crippen MR) is 80.9 cm³/mol. The fraction of sp³-hybridized carbons (Fsp3) is 0.615. The van der Waals surface area contributed by atoms with E-state index in [-0.39, 0.29) is 23.5 Å². The van der Waals surface area contributed by atoms with Gasteiger partial charge in [-0.1, -0.05) is 0 Å². The van der Waals surface area contributed by atoms with Gasteiger partial charge in [-0.05, 0) is 56.6 Å². The molecule has 1 heterocycles. The molecule has 3 nitrogen and oxygen atoms in total. The van der Waals surface area contributed by atoms with Crippen LogP contribution < -0.4 is 10.6 Å². The largest absolute Gasteiger partial charge is 0.350 e. The molecular formula is C13H21BrN2OS. The van der Waals surface area contributed by atoms with Crippen LogP contribution in [-0.4, -0.2) is 17.5 Å². The summed E-state index contributed by atoms with van der Waals surface area (Å²) in [5.41, 5.74) is -0.192. The molecule has 0 bridgehead atoms. The van der Waals surface area contributed by atoms with Crippen molar-refractivity contribution in [1.82, 2.24) is 10.6 Å². The van der Waals surface area contributed by atoms with Crippen molar-refractivity contribution in [3.63, 3.8) is 0 Å². The average molecular weight is 333 g/mol. The number of nitrogens with one attached hydrogen (secondary N) is 2. The molecule has 0 spiro atoms. The van der Waals surface area contributed by atoms with Gasteiger partial charge in [-0.2, -0.15) is 0 Å². The Hall–Kier alpha value is -0.390. The molecule has 0 radical (unpaired) electrons. The lowest BCUT2D eigenvalue weighted by molar-refractivity contribution is -0.124. The van der Waals surface area contributed by atoms with E-state index in [1.807, 2.05) is 33.1 Å². The molecule has 1 aromatic heterocycles. The zero-order valence-corrected chi connectivity index (χ0v) is 13.9. The molecule has 0 saturated heterocycles. The lowest BCUT2D eigenvalue weighted by Gasteiger charge is -2.25. The zero-order valence-electron chi connectivity index (χ0n) is 11.5. The quantitative estimate of drug-likeness (QED) is 0.886. The van der Waals surface area contributed by atoms with Crippen molar-refractivity contribution in [3.05, 3.63) is 20.8 Å². The van der Waals surface area contributed by atoms with Crippen LogP contribution in [0.3, 0.4) is 0 Å². The fourth-order valence-electron chi connectivity index (χ4n) is 1.57. The first kappa shape index (κ1) is 15.7. The number of hydrogen-bond donors (Lipinski definition) is 2. The molecule has 18 heavy (non-hydrogen) atoms. The van der Waals surface area contributed by atoms with Crippen LogP contribution in [0.15, 0.2) is 15.9 Å². The van der Waals surface area contributed by atoms with Gasteiger partial charge in [0.05, 0.1) is 6.04 Å². The first-order valence-electron chi connectivity index (χ1n) is 6.01. The van der Waals surface area contributed by atoms with Gasteiger partial charge in [0, 0.05) is 26.3 Å². The number of carbonyl (C=O) groups is 1. The summed E-state index contributed by atoms with van der Waals surface area (Å²) in [4.78, 5) is 13.2. The summed E-state index contributed by atoms with van der Waals surface area (Å²) in [6, 6.07) is 2.04. The molecule has 0 fully saturated rings. The van der Waals surface area contributed by atoms with Crippen LogP contribution in [0.1, 0.15) is 45.5 Å². The number of thiophene rings is 1. The lowest BCUT2D eigenvalue weighted by atomic mass is 10.1. The molecule has 2 unspecified atom stereocenters. The Morgan fingerprint density at radius 3 is 2.44 bits per heavy atom. The van der Waals surface area contributed by atoms with E-state index < -0.39 is 0 Å². The molecule has 1 aromatic rings. The Bertz CT molecular complexity index is 411. The van der Waals surface area contributed by atoms with Gasteiger partial charge in [0.2, 0.25) is 5.91 Å². The average Bonchev–Trinajstić information content (AvgIpc) is 2.62. The summed E-state index contributed by atoms with van der Waals surface area (Å²) in [6.07, 6.45) is 0. The van der Waals surface area contributed by atoms with Crippen molar-refractivity contribution in [2.45, 2.75) is 52.2 Å². The van der Waals surface area contributed by atoms with Gasteiger partial charge in [0.25, 0.3) is 0 Å². The molecule has 0 saturated carbocycles. The van der Waals surface area contributed by atoms with Gasteiger partial charge in [-0.3, -0.25) is 10.1 Å².